The molecule has 4 aliphatic carbocycles. The molecule has 4 saturated carbocycles. The molecule has 468 valence electrons. The number of nitrogens with zero attached hydrogens (tertiary/aromatic N) is 2. The fourth-order valence-electron chi connectivity index (χ4n) is 9.04. The Morgan fingerprint density at radius 3 is 0.962 bits per heavy atom. The first-order chi connectivity index (χ1) is 38.0. The van der Waals surface area contributed by atoms with Crippen molar-refractivity contribution in [2.75, 3.05) is 245 Å². The van der Waals surface area contributed by atoms with Gasteiger partial charge in [-0.25, -0.2) is 0 Å². The Labute approximate surface area is 465 Å². The third kappa shape index (κ3) is 51.2. The Balaban J connectivity index is 0. The SMILES string of the molecule is CC(=O)COC(CO)OC(C)=O.COCCOCCOCCOCCO.COCCOCCOCCOCCO.OCCC12CC3CC(CC(C3)C1)C2.OCCN1CCN(CCO)CC1.OCCOCCOCCOCCO. The highest BCUT2D eigenvalue weighted by atomic mass is 16.7. The summed E-state index contributed by atoms with van der Waals surface area (Å²) in [6.07, 6.45) is 8.95. The van der Waals surface area contributed by atoms with Crippen LogP contribution in [0.1, 0.15) is 58.8 Å². The zero-order chi connectivity index (χ0) is 58.0. The van der Waals surface area contributed by atoms with Gasteiger partial charge in [0, 0.05) is 67.0 Å². The number of carbonyl (C=O) groups is 2. The van der Waals surface area contributed by atoms with E-state index in [1.54, 1.807) is 14.2 Å². The van der Waals surface area contributed by atoms with Gasteiger partial charge in [-0.05, 0) is 75.0 Å². The van der Waals surface area contributed by atoms with Crippen LogP contribution in [0.5, 0.6) is 0 Å². The minimum absolute atomic E-state index is 0.0413. The van der Waals surface area contributed by atoms with Gasteiger partial charge in [0.25, 0.3) is 0 Å². The standard InChI is InChI=1S/C12H20O.2C9H20O5.C8H18N2O2.C8H18O5.C7H12O5/c13-2-1-12-6-9-3-10(7-12)5-11(4-9)8-12;2*1-11-4-5-13-8-9-14-7-6-12-3-2-10;11-7-5-9-1-2-10(4-3-9)6-8-12;9-1-3-11-5-7-13-8-6-12-4-2-10;1-5(9)4-11-7(3-8)12-6(2)10/h9-11,13H,1-8H2;2*10H,2-9H2,1H3;11-12H,1-8H2;9-10H,1-8H2;7-8H,3-4H2,1-2H3. The topological polar surface area (TPSA) is 322 Å². The molecule has 0 spiro atoms. The van der Waals surface area contributed by atoms with Crippen molar-refractivity contribution >= 4 is 11.8 Å². The lowest BCUT2D eigenvalue weighted by Gasteiger charge is -2.57. The summed E-state index contributed by atoms with van der Waals surface area (Å²) < 4.78 is 64.5. The van der Waals surface area contributed by atoms with Crippen LogP contribution in [0.2, 0.25) is 0 Å². The third-order valence-corrected chi connectivity index (χ3v) is 12.1. The molecule has 0 aromatic carbocycles. The summed E-state index contributed by atoms with van der Waals surface area (Å²) in [7, 11) is 3.27. The van der Waals surface area contributed by atoms with Gasteiger partial charge in [-0.15, -0.1) is 0 Å². The minimum atomic E-state index is -1.04. The van der Waals surface area contributed by atoms with Crippen LogP contribution in [0, 0.1) is 23.2 Å². The fourth-order valence-corrected chi connectivity index (χ4v) is 9.04. The number of aliphatic hydroxyl groups is 8. The molecule has 5 rings (SSSR count). The molecule has 8 N–H and O–H groups in total. The van der Waals surface area contributed by atoms with E-state index in [1.165, 1.54) is 52.4 Å². The second-order valence-corrected chi connectivity index (χ2v) is 18.6. The average molecular weight is 1140 g/mol. The van der Waals surface area contributed by atoms with Crippen LogP contribution in [0.15, 0.2) is 0 Å². The van der Waals surface area contributed by atoms with Crippen molar-refractivity contribution in [1.82, 2.24) is 9.80 Å². The number of β-amino-alcohol motifs (C(OH)–C–C–N with tert-alkyl or cyclic N) is 2. The number of carbonyl (C=O) groups excluding carboxylic acids is 2. The highest BCUT2D eigenvalue weighted by molar-refractivity contribution is 5.76. The second kappa shape index (κ2) is 59.9. The molecule has 5 aliphatic rings. The molecular weight excluding hydrogens is 1030 g/mol. The van der Waals surface area contributed by atoms with Gasteiger partial charge in [-0.3, -0.25) is 19.4 Å². The van der Waals surface area contributed by atoms with Gasteiger partial charge < -0.3 is 102 Å². The van der Waals surface area contributed by atoms with Crippen molar-refractivity contribution in [2.45, 2.75) is 65.1 Å². The Morgan fingerprint density at radius 2 is 0.731 bits per heavy atom. The van der Waals surface area contributed by atoms with Crippen molar-refractivity contribution in [3.63, 3.8) is 0 Å². The number of ketones is 1. The molecule has 0 amide bonds. The van der Waals surface area contributed by atoms with E-state index >= 15 is 0 Å². The van der Waals surface area contributed by atoms with Crippen molar-refractivity contribution in [2.24, 2.45) is 23.2 Å². The van der Waals surface area contributed by atoms with Crippen LogP contribution in [0.4, 0.5) is 0 Å². The van der Waals surface area contributed by atoms with Crippen LogP contribution in [0.25, 0.3) is 0 Å². The molecule has 1 saturated heterocycles. The lowest BCUT2D eigenvalue weighted by molar-refractivity contribution is -0.185. The van der Waals surface area contributed by atoms with E-state index in [0.29, 0.717) is 144 Å². The molecule has 78 heavy (non-hydrogen) atoms. The summed E-state index contributed by atoms with van der Waals surface area (Å²) in [6, 6.07) is 0. The van der Waals surface area contributed by atoms with Gasteiger partial charge in [-0.2, -0.15) is 0 Å². The van der Waals surface area contributed by atoms with Gasteiger partial charge >= 0.3 is 5.97 Å². The molecule has 1 atom stereocenters. The van der Waals surface area contributed by atoms with Crippen LogP contribution in [-0.2, 0) is 71.2 Å². The fraction of sp³-hybridized carbons (Fsp3) is 0.962. The molecule has 1 heterocycles. The molecule has 1 aliphatic heterocycles. The van der Waals surface area contributed by atoms with Crippen LogP contribution in [-0.4, -0.2) is 314 Å². The van der Waals surface area contributed by atoms with Crippen LogP contribution < -0.4 is 0 Å². The van der Waals surface area contributed by atoms with E-state index in [0.717, 1.165) is 63.4 Å². The summed E-state index contributed by atoms with van der Waals surface area (Å²) in [6.45, 7) is 18.9. The molecule has 1 unspecified atom stereocenters. The van der Waals surface area contributed by atoms with E-state index in [4.69, 9.17) is 97.7 Å². The zero-order valence-electron chi connectivity index (χ0n) is 48.1. The zero-order valence-corrected chi connectivity index (χ0v) is 48.1. The molecule has 25 nitrogen and oxygen atoms in total. The Morgan fingerprint density at radius 1 is 0.436 bits per heavy atom. The molecule has 25 heteroatoms. The first-order valence-electron chi connectivity index (χ1n) is 27.7. The Hall–Kier alpha value is -1.74. The molecule has 4 bridgehead atoms. The molecule has 0 radical (unpaired) electrons. The lowest BCUT2D eigenvalue weighted by atomic mass is 9.49. The van der Waals surface area contributed by atoms with Crippen molar-refractivity contribution in [3.05, 3.63) is 0 Å². The van der Waals surface area contributed by atoms with Gasteiger partial charge in [-0.1, -0.05) is 0 Å². The highest BCUT2D eigenvalue weighted by Crippen LogP contribution is 2.61. The minimum Gasteiger partial charge on any atom is -0.433 e. The number of esters is 1. The number of methoxy groups -OCH3 is 2. The molecular formula is C53H108N2O23. The maximum atomic E-state index is 10.4. The predicted octanol–water partition coefficient (Wildman–Crippen LogP) is -0.982. The van der Waals surface area contributed by atoms with Crippen LogP contribution >= 0.6 is 0 Å². The monoisotopic (exact) mass is 1140 g/mol. The number of piperazine rings is 1. The average Bonchev–Trinajstić information content (AvgIpc) is 3.45. The van der Waals surface area contributed by atoms with E-state index in [-0.39, 0.29) is 52.0 Å². The maximum Gasteiger partial charge on any atom is 0.305 e. The van der Waals surface area contributed by atoms with E-state index in [1.807, 2.05) is 0 Å². The summed E-state index contributed by atoms with van der Waals surface area (Å²) in [5.41, 5.74) is 0.601. The largest absolute Gasteiger partial charge is 0.433 e. The summed E-state index contributed by atoms with van der Waals surface area (Å²) in [5, 5.41) is 68.6. The Kier molecular flexibility index (Phi) is 60.1. The predicted molar refractivity (Wildman–Crippen MR) is 288 cm³/mol. The van der Waals surface area contributed by atoms with Crippen molar-refractivity contribution in [1.29, 1.82) is 0 Å². The van der Waals surface area contributed by atoms with E-state index in [2.05, 4.69) is 14.5 Å². The number of Topliss-reactive ketones (excluding diaryl/α,β-unsaturated/α-hetero) is 1. The van der Waals surface area contributed by atoms with Crippen LogP contribution in [0.3, 0.4) is 0 Å². The Bertz CT molecular complexity index is 1140. The summed E-state index contributed by atoms with van der Waals surface area (Å²) >= 11 is 0. The number of hydrogen-bond donors (Lipinski definition) is 8. The number of aliphatic hydroxyl groups excluding tert-OH is 8. The summed E-state index contributed by atoms with van der Waals surface area (Å²) in [5.74, 6) is 2.37. The smallest absolute Gasteiger partial charge is 0.305 e. The van der Waals surface area contributed by atoms with Gasteiger partial charge in [0.2, 0.25) is 6.29 Å². The molecule has 5 fully saturated rings. The van der Waals surface area contributed by atoms with E-state index < -0.39 is 18.9 Å². The summed E-state index contributed by atoms with van der Waals surface area (Å²) in [4.78, 5) is 25.3. The maximum absolute atomic E-state index is 10.4. The first kappa shape index (κ1) is 78.3. The van der Waals surface area contributed by atoms with Gasteiger partial charge in [0.15, 0.2) is 5.78 Å². The highest BCUT2D eigenvalue weighted by Gasteiger charge is 2.50. The van der Waals surface area contributed by atoms with E-state index in [9.17, 15) is 9.59 Å². The second-order valence-electron chi connectivity index (χ2n) is 18.6. The molecule has 0 aromatic rings. The van der Waals surface area contributed by atoms with Gasteiger partial charge in [0.1, 0.15) is 13.2 Å². The number of ether oxygens (including phenoxy) is 13. The number of rotatable bonds is 43. The normalized spacial score (nSPS) is 19.6. The van der Waals surface area contributed by atoms with Gasteiger partial charge in [0.05, 0.1) is 172 Å². The first-order valence-corrected chi connectivity index (χ1v) is 27.7. The van der Waals surface area contributed by atoms with Crippen molar-refractivity contribution < 1.29 is 112 Å². The molecule has 0 aromatic heterocycles. The number of hydrogen-bond acceptors (Lipinski definition) is 25. The lowest BCUT2D eigenvalue weighted by Crippen LogP contribution is -2.47. The van der Waals surface area contributed by atoms with Crippen molar-refractivity contribution in [3.8, 4) is 0 Å². The third-order valence-electron chi connectivity index (χ3n) is 12.1. The quantitative estimate of drug-likeness (QED) is 0.0207.